The van der Waals surface area contributed by atoms with Crippen LogP contribution in [0, 0.1) is 0 Å². The molecule has 2 atom stereocenters. The van der Waals surface area contributed by atoms with E-state index in [1.54, 1.807) is 23.1 Å². The van der Waals surface area contributed by atoms with Gasteiger partial charge >= 0.3 is 6.03 Å². The average molecular weight is 529 g/mol. The van der Waals surface area contributed by atoms with Gasteiger partial charge in [0.25, 0.3) is 0 Å². The fraction of sp³-hybridized carbons (Fsp3) is 0.407. The molecular weight excluding hydrogens is 492 g/mol. The monoisotopic (exact) mass is 528 g/mol. The zero-order valence-corrected chi connectivity index (χ0v) is 21.7. The van der Waals surface area contributed by atoms with Crippen molar-refractivity contribution in [3.63, 3.8) is 0 Å². The van der Waals surface area contributed by atoms with Gasteiger partial charge in [-0.2, -0.15) is 0 Å². The Morgan fingerprint density at radius 2 is 1.62 bits per heavy atom. The normalized spacial score (nSPS) is 15.8. The Balaban J connectivity index is 1.76. The first-order chi connectivity index (χ1) is 17.9. The number of benzene rings is 2. The van der Waals surface area contributed by atoms with E-state index in [9.17, 15) is 18.0 Å². The molecule has 9 nitrogen and oxygen atoms in total. The molecule has 1 fully saturated rings. The van der Waals surface area contributed by atoms with Crippen molar-refractivity contribution in [3.8, 4) is 0 Å². The zero-order chi connectivity index (χ0) is 26.5. The van der Waals surface area contributed by atoms with E-state index in [0.29, 0.717) is 52.1 Å². The maximum absolute atomic E-state index is 13.4. The summed E-state index contributed by atoms with van der Waals surface area (Å²) in [6.07, 6.45) is 3.76. The lowest BCUT2D eigenvalue weighted by molar-refractivity contribution is -0.123. The average Bonchev–Trinajstić information content (AvgIpc) is 2.93. The van der Waals surface area contributed by atoms with E-state index in [-0.39, 0.29) is 16.8 Å². The number of hydrogen-bond acceptors (Lipinski definition) is 6. The lowest BCUT2D eigenvalue weighted by atomic mass is 10.0. The molecule has 0 aromatic heterocycles. The van der Waals surface area contributed by atoms with Gasteiger partial charge in [-0.25, -0.2) is 13.2 Å². The fourth-order valence-electron chi connectivity index (χ4n) is 3.96. The minimum atomic E-state index is -3.67. The van der Waals surface area contributed by atoms with Crippen LogP contribution in [0.3, 0.4) is 0 Å². The molecule has 4 N–H and O–H groups in total. The standard InChI is InChI=1S/C27H36N4O5S/c28-15-8-7-11-23(14-20-37(34,35)24-12-5-2-6-13-24)29-26(32)25(21-22-9-3-1-4-10-22)30-27(33)31-16-18-36-19-17-31/h1-6,9-10,12-14,20,23,25H,7-8,11,15-19,21,28H2,(H,29,32)(H,30,33)/t23-,25-/m0/s1. The van der Waals surface area contributed by atoms with Crippen LogP contribution in [0.4, 0.5) is 4.79 Å². The lowest BCUT2D eigenvalue weighted by Gasteiger charge is -2.29. The van der Waals surface area contributed by atoms with E-state index in [2.05, 4.69) is 10.6 Å². The van der Waals surface area contributed by atoms with Crippen LogP contribution in [-0.2, 0) is 25.8 Å². The Morgan fingerprint density at radius 3 is 2.27 bits per heavy atom. The summed E-state index contributed by atoms with van der Waals surface area (Å²) in [4.78, 5) is 28.1. The molecule has 37 heavy (non-hydrogen) atoms. The second kappa shape index (κ2) is 14.5. The van der Waals surface area contributed by atoms with Crippen LogP contribution in [-0.4, -0.2) is 70.2 Å². The largest absolute Gasteiger partial charge is 0.378 e. The summed E-state index contributed by atoms with van der Waals surface area (Å²) >= 11 is 0. The van der Waals surface area contributed by atoms with Crippen molar-refractivity contribution < 1.29 is 22.7 Å². The third kappa shape index (κ3) is 9.31. The number of unbranched alkanes of at least 4 members (excludes halogenated alkanes) is 1. The first-order valence-corrected chi connectivity index (χ1v) is 14.1. The maximum Gasteiger partial charge on any atom is 0.318 e. The number of rotatable bonds is 12. The van der Waals surface area contributed by atoms with E-state index in [0.717, 1.165) is 17.4 Å². The first-order valence-electron chi connectivity index (χ1n) is 12.5. The highest BCUT2D eigenvalue weighted by Crippen LogP contribution is 2.13. The van der Waals surface area contributed by atoms with Gasteiger partial charge in [0.1, 0.15) is 6.04 Å². The van der Waals surface area contributed by atoms with Gasteiger partial charge in [-0.1, -0.05) is 54.6 Å². The minimum absolute atomic E-state index is 0.179. The number of amides is 3. The van der Waals surface area contributed by atoms with Gasteiger partial charge < -0.3 is 26.0 Å². The first kappa shape index (κ1) is 28.4. The lowest BCUT2D eigenvalue weighted by Crippen LogP contribution is -2.55. The Morgan fingerprint density at radius 1 is 0.973 bits per heavy atom. The van der Waals surface area contributed by atoms with E-state index in [1.165, 1.54) is 18.2 Å². The third-order valence-corrected chi connectivity index (χ3v) is 7.50. The summed E-state index contributed by atoms with van der Waals surface area (Å²) < 4.78 is 30.8. The molecule has 3 amide bonds. The SMILES string of the molecule is NCCCC[C@@H](C=CS(=O)(=O)c1ccccc1)NC(=O)[C@H](Cc1ccccc1)NC(=O)N1CCOCC1. The number of ether oxygens (including phenoxy) is 1. The fourth-order valence-corrected chi connectivity index (χ4v) is 5.05. The number of carbonyl (C=O) groups is 2. The summed E-state index contributed by atoms with van der Waals surface area (Å²) in [5, 5.41) is 6.94. The molecule has 3 rings (SSSR count). The van der Waals surface area contributed by atoms with Crippen molar-refractivity contribution in [2.24, 2.45) is 5.73 Å². The second-order valence-electron chi connectivity index (χ2n) is 8.88. The number of sulfone groups is 1. The van der Waals surface area contributed by atoms with Crippen molar-refractivity contribution in [2.45, 2.75) is 42.7 Å². The Bertz CT molecular complexity index is 1120. The van der Waals surface area contributed by atoms with Crippen molar-refractivity contribution in [1.29, 1.82) is 0 Å². The van der Waals surface area contributed by atoms with Gasteiger partial charge in [0.15, 0.2) is 9.84 Å². The van der Waals surface area contributed by atoms with Gasteiger partial charge in [-0.15, -0.1) is 0 Å². The molecule has 0 saturated carbocycles. The van der Waals surface area contributed by atoms with E-state index < -0.39 is 21.9 Å². The Hall–Kier alpha value is -3.21. The van der Waals surface area contributed by atoms with E-state index in [1.807, 2.05) is 30.3 Å². The molecule has 0 radical (unpaired) electrons. The molecule has 0 spiro atoms. The van der Waals surface area contributed by atoms with Crippen molar-refractivity contribution in [2.75, 3.05) is 32.8 Å². The van der Waals surface area contributed by atoms with Gasteiger partial charge in [0.05, 0.1) is 18.1 Å². The highest BCUT2D eigenvalue weighted by Gasteiger charge is 2.26. The van der Waals surface area contributed by atoms with Gasteiger partial charge in [0.2, 0.25) is 5.91 Å². The molecule has 2 aromatic carbocycles. The number of morpholine rings is 1. The number of nitrogens with two attached hydrogens (primary N) is 1. The molecule has 1 aliphatic rings. The molecule has 10 heteroatoms. The van der Waals surface area contributed by atoms with Gasteiger partial charge in [-0.3, -0.25) is 4.79 Å². The van der Waals surface area contributed by atoms with Crippen molar-refractivity contribution in [3.05, 3.63) is 77.7 Å². The van der Waals surface area contributed by atoms with Crippen molar-refractivity contribution >= 4 is 21.8 Å². The van der Waals surface area contributed by atoms with Crippen LogP contribution in [0.15, 0.2) is 77.0 Å². The molecule has 200 valence electrons. The number of nitrogens with one attached hydrogen (secondary N) is 2. The van der Waals surface area contributed by atoms with Crippen molar-refractivity contribution in [1.82, 2.24) is 15.5 Å². The Kier molecular flexibility index (Phi) is 11.1. The molecule has 1 heterocycles. The Labute approximate surface area is 219 Å². The molecule has 0 unspecified atom stereocenters. The molecule has 0 bridgehead atoms. The molecule has 0 aliphatic carbocycles. The zero-order valence-electron chi connectivity index (χ0n) is 20.9. The minimum Gasteiger partial charge on any atom is -0.378 e. The number of carbonyl (C=O) groups excluding carboxylic acids is 2. The summed E-state index contributed by atoms with van der Waals surface area (Å²) in [6.45, 7) is 2.30. The van der Waals surface area contributed by atoms with Crippen LogP contribution < -0.4 is 16.4 Å². The summed E-state index contributed by atoms with van der Waals surface area (Å²) in [5.74, 6) is -0.384. The highest BCUT2D eigenvalue weighted by atomic mass is 32.2. The summed E-state index contributed by atoms with van der Waals surface area (Å²) in [7, 11) is -3.67. The number of urea groups is 1. The maximum atomic E-state index is 13.4. The van der Waals surface area contributed by atoms with Crippen LogP contribution in [0.25, 0.3) is 0 Å². The predicted octanol–water partition coefficient (Wildman–Crippen LogP) is 2.24. The molecule has 1 aliphatic heterocycles. The van der Waals surface area contributed by atoms with Crippen LogP contribution in [0.2, 0.25) is 0 Å². The quantitative estimate of drug-likeness (QED) is 0.362. The molecule has 1 saturated heterocycles. The second-order valence-corrected chi connectivity index (χ2v) is 10.7. The number of hydrogen-bond donors (Lipinski definition) is 3. The van der Waals surface area contributed by atoms with E-state index >= 15 is 0 Å². The van der Waals surface area contributed by atoms with Gasteiger partial charge in [-0.05, 0) is 43.5 Å². The molecular formula is C27H36N4O5S. The topological polar surface area (TPSA) is 131 Å². The van der Waals surface area contributed by atoms with E-state index in [4.69, 9.17) is 10.5 Å². The molecule has 2 aromatic rings. The van der Waals surface area contributed by atoms with Crippen LogP contribution in [0.5, 0.6) is 0 Å². The van der Waals surface area contributed by atoms with Gasteiger partial charge in [0, 0.05) is 31.0 Å². The third-order valence-electron chi connectivity index (χ3n) is 6.05. The summed E-state index contributed by atoms with van der Waals surface area (Å²) in [5.41, 5.74) is 6.53. The predicted molar refractivity (Wildman–Crippen MR) is 142 cm³/mol. The number of nitrogens with zero attached hydrogens (tertiary/aromatic N) is 1. The van der Waals surface area contributed by atoms with Crippen LogP contribution >= 0.6 is 0 Å². The smallest absolute Gasteiger partial charge is 0.318 e. The summed E-state index contributed by atoms with van der Waals surface area (Å²) in [6, 6.07) is 15.8. The highest BCUT2D eigenvalue weighted by molar-refractivity contribution is 7.94. The van der Waals surface area contributed by atoms with Crippen LogP contribution in [0.1, 0.15) is 24.8 Å².